The number of hydrogen-bond acceptors (Lipinski definition) is 13. The summed E-state index contributed by atoms with van der Waals surface area (Å²) in [6.07, 6.45) is 10.8. The summed E-state index contributed by atoms with van der Waals surface area (Å²) in [5.74, 6) is 1.07. The fourth-order valence-corrected chi connectivity index (χ4v) is 12.0. The SMILES string of the molecule is CCC(NC(=O)c1ccc(F)cc1)c1ccc2c(n1)C1CC1CN2.CCC(NC(=O)c1ccc(F)cc1)c1ccc2c(n1)C1CC1CN2C(=O)OC1CC1.CCC(NC(=O)c1ccc(F)cc1)c1ccc2c(n1)C1CC1CN2C(=O)OC1CC1.O=C(Cl)OC1CC1. The zero-order valence-corrected chi connectivity index (χ0v) is 51.6. The van der Waals surface area contributed by atoms with Gasteiger partial charge in [-0.15, -0.1) is 0 Å². The molecule has 6 fully saturated rings. The summed E-state index contributed by atoms with van der Waals surface area (Å²) >= 11 is 4.85. The van der Waals surface area contributed by atoms with Gasteiger partial charge < -0.3 is 35.5 Å². The number of nitrogens with one attached hydrogen (secondary N) is 4. The van der Waals surface area contributed by atoms with Gasteiger partial charge >= 0.3 is 17.6 Å². The van der Waals surface area contributed by atoms with Crippen molar-refractivity contribution in [3.8, 4) is 0 Å². The highest BCUT2D eigenvalue weighted by molar-refractivity contribution is 6.61. The Kier molecular flexibility index (Phi) is 18.6. The highest BCUT2D eigenvalue weighted by Gasteiger charge is 2.50. The van der Waals surface area contributed by atoms with Gasteiger partial charge in [-0.1, -0.05) is 20.8 Å². The third kappa shape index (κ3) is 15.4. The maximum absolute atomic E-state index is 13.1. The molecule has 3 aromatic carbocycles. The van der Waals surface area contributed by atoms with Crippen LogP contribution in [0.15, 0.2) is 109 Å². The number of rotatable bonds is 15. The molecular formula is C69H73ClF3N9O9. The van der Waals surface area contributed by atoms with E-state index in [0.717, 1.165) is 116 Å². The number of halogens is 4. The van der Waals surface area contributed by atoms with Crippen LogP contribution < -0.4 is 31.1 Å². The molecule has 15 rings (SSSR count). The molecule has 0 spiro atoms. The van der Waals surface area contributed by atoms with Crippen molar-refractivity contribution in [1.82, 2.24) is 30.9 Å². The minimum absolute atomic E-state index is 0.0660. The number of pyridine rings is 3. The van der Waals surface area contributed by atoms with Gasteiger partial charge in [0.05, 0.1) is 69.4 Å². The molecule has 476 valence electrons. The van der Waals surface area contributed by atoms with Crippen LogP contribution in [0, 0.1) is 35.2 Å². The standard InChI is InChI=1S/2C23H24FN3O3.C19H20FN3O.C4H5ClO2/c2*1-2-18(26-22(28)13-3-5-15(24)6-4-13)19-9-10-20-21(25-19)17-11-14(17)12-27(20)23(29)30-16-7-8-16;1-2-15(23-19(24)11-3-5-13(20)6-4-11)16-7-8-17-18(22-16)14-9-12(14)10-21-17;5-4(6)7-3-1-2-3/h2*3-6,9-10,14,16-18H,2,7-8,11-12H2,1H3,(H,26,28);3-8,12,14-15,21H,2,9-10H2,1H3,(H,23,24);3H,1-2H2. The molecule has 0 saturated heterocycles. The lowest BCUT2D eigenvalue weighted by Gasteiger charge is -2.29. The van der Waals surface area contributed by atoms with Gasteiger partial charge in [0, 0.05) is 65.7 Å². The summed E-state index contributed by atoms with van der Waals surface area (Å²) in [5, 5.41) is 12.4. The Hall–Kier alpha value is -8.59. The number of anilines is 3. The number of benzene rings is 3. The number of hydrogen-bond donors (Lipinski definition) is 4. The van der Waals surface area contributed by atoms with E-state index in [4.69, 9.17) is 36.0 Å². The van der Waals surface area contributed by atoms with E-state index < -0.39 is 5.43 Å². The molecule has 6 heterocycles. The quantitative estimate of drug-likeness (QED) is 0.0555. The van der Waals surface area contributed by atoms with Gasteiger partial charge in [0.2, 0.25) is 0 Å². The normalized spacial score (nSPS) is 22.1. The second-order valence-electron chi connectivity index (χ2n) is 24.9. The van der Waals surface area contributed by atoms with Gasteiger partial charge in [-0.3, -0.25) is 39.1 Å². The van der Waals surface area contributed by atoms with E-state index in [1.165, 1.54) is 79.2 Å². The van der Waals surface area contributed by atoms with Crippen LogP contribution in [-0.2, 0) is 14.2 Å². The largest absolute Gasteiger partial charge is 0.450 e. The summed E-state index contributed by atoms with van der Waals surface area (Å²) < 4.78 is 54.8. The maximum Gasteiger partial charge on any atom is 0.414 e. The number of amides is 5. The lowest BCUT2D eigenvalue weighted by molar-refractivity contribution is 0.0926. The molecule has 9 unspecified atom stereocenters. The van der Waals surface area contributed by atoms with E-state index in [1.807, 2.05) is 51.1 Å². The van der Waals surface area contributed by atoms with E-state index in [9.17, 15) is 41.9 Å². The monoisotopic (exact) mass is 1260 g/mol. The second kappa shape index (κ2) is 27.1. The van der Waals surface area contributed by atoms with Crippen LogP contribution in [0.25, 0.3) is 0 Å². The van der Waals surface area contributed by atoms with Gasteiger partial charge in [-0.05, 0) is 204 Å². The van der Waals surface area contributed by atoms with Crippen molar-refractivity contribution >= 4 is 64.0 Å². The Balaban J connectivity index is 0.000000126. The van der Waals surface area contributed by atoms with Crippen LogP contribution in [-0.4, -0.2) is 88.2 Å². The molecule has 6 aliphatic carbocycles. The van der Waals surface area contributed by atoms with E-state index >= 15 is 0 Å². The highest BCUT2D eigenvalue weighted by atomic mass is 35.5. The fourth-order valence-electron chi connectivity index (χ4n) is 11.9. The maximum atomic E-state index is 13.1. The number of carbonyl (C=O) groups is 6. The van der Waals surface area contributed by atoms with Crippen LogP contribution in [0.2, 0.25) is 0 Å². The summed E-state index contributed by atoms with van der Waals surface area (Å²) in [6, 6.07) is 27.5. The van der Waals surface area contributed by atoms with Crippen molar-refractivity contribution in [1.29, 1.82) is 0 Å². The third-order valence-corrected chi connectivity index (χ3v) is 18.0. The molecule has 22 heteroatoms. The van der Waals surface area contributed by atoms with Gasteiger partial charge in [-0.2, -0.15) is 0 Å². The third-order valence-electron chi connectivity index (χ3n) is 17.9. The van der Waals surface area contributed by atoms with Crippen molar-refractivity contribution in [2.75, 3.05) is 34.8 Å². The van der Waals surface area contributed by atoms with Crippen LogP contribution in [0.3, 0.4) is 0 Å². The first-order valence-electron chi connectivity index (χ1n) is 31.8. The Labute approximate surface area is 530 Å². The number of carbonyl (C=O) groups excluding carboxylic acids is 6. The minimum Gasteiger partial charge on any atom is -0.450 e. The molecule has 9 aliphatic rings. The zero-order valence-electron chi connectivity index (χ0n) is 50.8. The topological polar surface area (TPSA) is 223 Å². The molecule has 3 aromatic heterocycles. The zero-order chi connectivity index (χ0) is 63.6. The van der Waals surface area contributed by atoms with Crippen LogP contribution in [0.1, 0.15) is 199 Å². The van der Waals surface area contributed by atoms with Gasteiger partial charge in [0.25, 0.3) is 17.7 Å². The summed E-state index contributed by atoms with van der Waals surface area (Å²) in [7, 11) is 0. The molecule has 9 atom stereocenters. The predicted octanol–water partition coefficient (Wildman–Crippen LogP) is 13.8. The summed E-state index contributed by atoms with van der Waals surface area (Å²) in [5.41, 5.74) is 8.77. The molecular weight excluding hydrogens is 1190 g/mol. The fraction of sp³-hybridized carbons (Fsp3) is 0.435. The van der Waals surface area contributed by atoms with E-state index in [0.29, 0.717) is 78.1 Å². The van der Waals surface area contributed by atoms with Crippen LogP contribution >= 0.6 is 11.6 Å². The van der Waals surface area contributed by atoms with Crippen molar-refractivity contribution in [2.24, 2.45) is 17.8 Å². The second-order valence-corrected chi connectivity index (χ2v) is 25.2. The lowest BCUT2D eigenvalue weighted by atomic mass is 10.0. The van der Waals surface area contributed by atoms with E-state index in [-0.39, 0.29) is 83.8 Å². The van der Waals surface area contributed by atoms with Crippen molar-refractivity contribution in [3.63, 3.8) is 0 Å². The number of fused-ring (bicyclic) bond motifs is 9. The van der Waals surface area contributed by atoms with Crippen molar-refractivity contribution < 1.29 is 56.1 Å². The molecule has 3 aliphatic heterocycles. The number of ether oxygens (including phenoxy) is 3. The molecule has 91 heavy (non-hydrogen) atoms. The number of nitrogens with zero attached hydrogens (tertiary/aromatic N) is 5. The van der Waals surface area contributed by atoms with Crippen molar-refractivity contribution in [3.05, 3.63) is 178 Å². The summed E-state index contributed by atoms with van der Waals surface area (Å²) in [4.78, 5) is 90.5. The molecule has 0 bridgehead atoms. The Bertz CT molecular complexity index is 3540. The lowest BCUT2D eigenvalue weighted by Crippen LogP contribution is -2.37. The first-order valence-corrected chi connectivity index (χ1v) is 32.2. The van der Waals surface area contributed by atoms with Crippen LogP contribution in [0.5, 0.6) is 0 Å². The average Bonchev–Trinajstić information content (AvgIpc) is 1.62. The number of aromatic nitrogens is 3. The van der Waals surface area contributed by atoms with Gasteiger partial charge in [0.1, 0.15) is 35.8 Å². The predicted molar refractivity (Wildman–Crippen MR) is 333 cm³/mol. The van der Waals surface area contributed by atoms with E-state index in [2.05, 4.69) is 32.1 Å². The molecule has 4 N–H and O–H groups in total. The Morgan fingerprint density at radius 2 is 0.824 bits per heavy atom. The Morgan fingerprint density at radius 3 is 1.18 bits per heavy atom. The van der Waals surface area contributed by atoms with E-state index in [1.54, 1.807) is 9.80 Å². The van der Waals surface area contributed by atoms with Gasteiger partial charge in [-0.25, -0.2) is 27.6 Å². The first-order chi connectivity index (χ1) is 44.0. The molecule has 5 amide bonds. The molecule has 18 nitrogen and oxygen atoms in total. The Morgan fingerprint density at radius 1 is 0.484 bits per heavy atom. The molecule has 6 aromatic rings. The average molecular weight is 1260 g/mol. The van der Waals surface area contributed by atoms with Crippen molar-refractivity contribution in [2.45, 2.75) is 152 Å². The highest BCUT2D eigenvalue weighted by Crippen LogP contribution is 2.56. The molecule has 6 saturated carbocycles. The van der Waals surface area contributed by atoms with Crippen LogP contribution in [0.4, 0.5) is 44.6 Å². The first kappa shape index (κ1) is 62.6. The molecule has 0 radical (unpaired) electrons. The smallest absolute Gasteiger partial charge is 0.414 e. The van der Waals surface area contributed by atoms with Gasteiger partial charge in [0.15, 0.2) is 0 Å². The summed E-state index contributed by atoms with van der Waals surface area (Å²) in [6.45, 7) is 8.39. The minimum atomic E-state index is -0.678.